The minimum Gasteiger partial charge on any atom is -0.447 e. The summed E-state index contributed by atoms with van der Waals surface area (Å²) in [5.41, 5.74) is 1.08. The van der Waals surface area contributed by atoms with Crippen molar-refractivity contribution in [2.75, 3.05) is 13.2 Å². The molecule has 0 bridgehead atoms. The van der Waals surface area contributed by atoms with Crippen molar-refractivity contribution in [3.05, 3.63) is 133 Å². The number of imide groups is 1. The third-order valence-electron chi connectivity index (χ3n) is 7.96. The Morgan fingerprint density at radius 2 is 1.39 bits per heavy atom. The number of cyclic esters (lactones) is 1. The van der Waals surface area contributed by atoms with Crippen molar-refractivity contribution in [1.29, 1.82) is 0 Å². The van der Waals surface area contributed by atoms with E-state index in [4.69, 9.17) is 9.16 Å². The van der Waals surface area contributed by atoms with Crippen LogP contribution in [0.25, 0.3) is 0 Å². The summed E-state index contributed by atoms with van der Waals surface area (Å²) in [5.74, 6) is -0.307. The van der Waals surface area contributed by atoms with Gasteiger partial charge in [-0.1, -0.05) is 142 Å². The van der Waals surface area contributed by atoms with Gasteiger partial charge in [-0.25, -0.2) is 9.69 Å². The summed E-state index contributed by atoms with van der Waals surface area (Å²) in [5, 5.41) is 2.52. The van der Waals surface area contributed by atoms with Gasteiger partial charge in [0.25, 0.3) is 14.2 Å². The highest BCUT2D eigenvalue weighted by atomic mass is 28.4. The number of carbonyl (C=O) groups excluding carboxylic acids is 2. The molecule has 3 aromatic rings. The Bertz CT molecular complexity index is 1370. The summed E-state index contributed by atoms with van der Waals surface area (Å²) in [4.78, 5) is 26.1. The number of carbonyl (C=O) groups is 2. The van der Waals surface area contributed by atoms with Crippen molar-refractivity contribution < 1.29 is 18.8 Å². The molecule has 44 heavy (non-hydrogen) atoms. The molecule has 0 unspecified atom stereocenters. The van der Waals surface area contributed by atoms with Crippen molar-refractivity contribution >= 4 is 30.7 Å². The fraction of sp³-hybridized carbons (Fsp3) is 0.316. The molecular weight excluding hydrogens is 563 g/mol. The van der Waals surface area contributed by atoms with Crippen LogP contribution < -0.4 is 10.4 Å². The van der Waals surface area contributed by atoms with Crippen LogP contribution in [0.1, 0.15) is 52.0 Å². The number of amides is 2. The Morgan fingerprint density at radius 3 is 1.98 bits per heavy atom. The summed E-state index contributed by atoms with van der Waals surface area (Å²) in [6, 6.07) is 31.0. The van der Waals surface area contributed by atoms with Gasteiger partial charge in [-0.3, -0.25) is 4.79 Å². The highest BCUT2D eigenvalue weighted by Crippen LogP contribution is 2.36. The average molecular weight is 608 g/mol. The zero-order valence-corrected chi connectivity index (χ0v) is 27.2. The van der Waals surface area contributed by atoms with Gasteiger partial charge in [-0.15, -0.1) is 0 Å². The van der Waals surface area contributed by atoms with Gasteiger partial charge in [-0.2, -0.15) is 0 Å². The standard InChI is InChI=1S/C38H45NO4Si/c1-38(2,3)44(34-24-16-12-17-25-34,35-26-18-13-19-27-35)43-29-21-10-8-6-4-5-7-9-20-28-36(40)39-33(31-42-37(39)41)30-32-22-14-11-15-23-32/h6,8,10-28,33H,4-5,7,9,29-31H2,1-3H3/b8-6+,21-10+,28-20+/t33-/m0/s1. The summed E-state index contributed by atoms with van der Waals surface area (Å²) in [6.07, 6.45) is 15.5. The molecule has 0 radical (unpaired) electrons. The fourth-order valence-corrected chi connectivity index (χ4v) is 10.3. The molecule has 1 atom stereocenters. The Kier molecular flexibility index (Phi) is 12.1. The Hall–Kier alpha value is -4.00. The number of nitrogens with zero attached hydrogens (tertiary/aromatic N) is 1. The molecule has 3 aromatic carbocycles. The fourth-order valence-electron chi connectivity index (χ4n) is 5.80. The number of rotatable bonds is 14. The lowest BCUT2D eigenvalue weighted by Crippen LogP contribution is -2.66. The SMILES string of the molecule is CC(C)(C)[Si](OC/C=C/C=C/CCCC/C=C/C(=O)N1C(=O)OC[C@@H]1Cc1ccccc1)(c1ccccc1)c1ccccc1. The van der Waals surface area contributed by atoms with Crippen LogP contribution in [0.4, 0.5) is 4.79 Å². The van der Waals surface area contributed by atoms with Gasteiger partial charge < -0.3 is 9.16 Å². The Balaban J connectivity index is 1.21. The van der Waals surface area contributed by atoms with Gasteiger partial charge in [0.05, 0.1) is 12.6 Å². The first-order valence-corrected chi connectivity index (χ1v) is 17.5. The second-order valence-corrected chi connectivity index (χ2v) is 16.5. The molecule has 5 nitrogen and oxygen atoms in total. The number of benzene rings is 3. The quantitative estimate of drug-likeness (QED) is 0.0831. The average Bonchev–Trinajstić information content (AvgIpc) is 3.39. The lowest BCUT2D eigenvalue weighted by Gasteiger charge is -2.42. The van der Waals surface area contributed by atoms with Crippen molar-refractivity contribution in [2.45, 2.75) is 64.0 Å². The number of unbranched alkanes of at least 4 members (excludes halogenated alkanes) is 3. The molecular formula is C38H45NO4Si. The van der Waals surface area contributed by atoms with Crippen LogP contribution >= 0.6 is 0 Å². The van der Waals surface area contributed by atoms with Crippen LogP contribution in [0.5, 0.6) is 0 Å². The largest absolute Gasteiger partial charge is 0.447 e. The van der Waals surface area contributed by atoms with Crippen LogP contribution in [0.2, 0.25) is 5.04 Å². The summed E-state index contributed by atoms with van der Waals surface area (Å²) in [7, 11) is -2.52. The number of hydrogen-bond donors (Lipinski definition) is 0. The molecule has 6 heteroatoms. The lowest BCUT2D eigenvalue weighted by atomic mass is 10.1. The number of allylic oxidation sites excluding steroid dienone is 4. The summed E-state index contributed by atoms with van der Waals surface area (Å²) < 4.78 is 12.1. The lowest BCUT2D eigenvalue weighted by molar-refractivity contribution is -0.124. The van der Waals surface area contributed by atoms with Gasteiger partial charge in [0.2, 0.25) is 0 Å². The molecule has 1 aliphatic heterocycles. The maximum absolute atomic E-state index is 12.7. The van der Waals surface area contributed by atoms with Crippen molar-refractivity contribution in [3.63, 3.8) is 0 Å². The molecule has 0 saturated carbocycles. The zero-order chi connectivity index (χ0) is 31.3. The minimum atomic E-state index is -2.52. The molecule has 4 rings (SSSR count). The van der Waals surface area contributed by atoms with Gasteiger partial charge in [0.1, 0.15) is 6.61 Å². The molecule has 1 fully saturated rings. The van der Waals surface area contributed by atoms with Gasteiger partial charge >= 0.3 is 6.09 Å². The zero-order valence-electron chi connectivity index (χ0n) is 26.2. The van der Waals surface area contributed by atoms with Crippen molar-refractivity contribution in [2.24, 2.45) is 0 Å². The summed E-state index contributed by atoms with van der Waals surface area (Å²) >= 11 is 0. The maximum atomic E-state index is 12.7. The van der Waals surface area contributed by atoms with Crippen LogP contribution in [0.3, 0.4) is 0 Å². The monoisotopic (exact) mass is 607 g/mol. The molecule has 2 amide bonds. The van der Waals surface area contributed by atoms with E-state index in [0.29, 0.717) is 13.0 Å². The van der Waals surface area contributed by atoms with Crippen molar-refractivity contribution in [3.8, 4) is 0 Å². The van der Waals surface area contributed by atoms with Crippen LogP contribution in [-0.2, 0) is 20.4 Å². The van der Waals surface area contributed by atoms with Crippen LogP contribution in [-0.4, -0.2) is 44.5 Å². The predicted octanol–water partition coefficient (Wildman–Crippen LogP) is 7.38. The van der Waals surface area contributed by atoms with Crippen LogP contribution in [0, 0.1) is 0 Å². The van der Waals surface area contributed by atoms with Crippen molar-refractivity contribution in [1.82, 2.24) is 4.90 Å². The second kappa shape index (κ2) is 16.2. The van der Waals surface area contributed by atoms with E-state index in [1.165, 1.54) is 21.3 Å². The highest BCUT2D eigenvalue weighted by molar-refractivity contribution is 6.99. The van der Waals surface area contributed by atoms with E-state index in [1.54, 1.807) is 0 Å². The topological polar surface area (TPSA) is 55.8 Å². The minimum absolute atomic E-state index is 0.0416. The van der Waals surface area contributed by atoms with Gasteiger partial charge in [-0.05, 0) is 59.2 Å². The third-order valence-corrected chi connectivity index (χ3v) is 13.0. The smallest absolute Gasteiger partial charge is 0.417 e. The summed E-state index contributed by atoms with van der Waals surface area (Å²) in [6.45, 7) is 7.65. The molecule has 0 aliphatic carbocycles. The molecule has 1 heterocycles. The molecule has 0 aromatic heterocycles. The van der Waals surface area contributed by atoms with E-state index in [1.807, 2.05) is 36.4 Å². The van der Waals surface area contributed by atoms with Gasteiger partial charge in [0, 0.05) is 0 Å². The van der Waals surface area contributed by atoms with E-state index >= 15 is 0 Å². The number of ether oxygens (including phenoxy) is 1. The predicted molar refractivity (Wildman–Crippen MR) is 182 cm³/mol. The van der Waals surface area contributed by atoms with E-state index < -0.39 is 14.4 Å². The van der Waals surface area contributed by atoms with E-state index in [0.717, 1.165) is 31.2 Å². The van der Waals surface area contributed by atoms with E-state index in [2.05, 4.69) is 106 Å². The van der Waals surface area contributed by atoms with E-state index in [9.17, 15) is 9.59 Å². The van der Waals surface area contributed by atoms with Crippen LogP contribution in [0.15, 0.2) is 127 Å². The number of hydrogen-bond acceptors (Lipinski definition) is 4. The Labute approximate surface area is 264 Å². The maximum Gasteiger partial charge on any atom is 0.417 e. The molecule has 230 valence electrons. The Morgan fingerprint density at radius 1 is 0.841 bits per heavy atom. The van der Waals surface area contributed by atoms with E-state index in [-0.39, 0.29) is 23.6 Å². The highest BCUT2D eigenvalue weighted by Gasteiger charge is 2.49. The first-order chi connectivity index (χ1) is 21.3. The molecule has 0 N–H and O–H groups in total. The third kappa shape index (κ3) is 8.55. The normalized spacial score (nSPS) is 15.9. The first-order valence-electron chi connectivity index (χ1n) is 15.6. The molecule has 0 spiro atoms. The molecule has 1 saturated heterocycles. The molecule has 1 aliphatic rings. The van der Waals surface area contributed by atoms with Gasteiger partial charge in [0.15, 0.2) is 0 Å². The second-order valence-electron chi connectivity index (χ2n) is 12.1. The first kappa shape index (κ1) is 32.9.